The maximum Gasteiger partial charge on any atom is 0.140 e. The fraction of sp³-hybridized carbons (Fsp3) is 0.429. The Morgan fingerprint density at radius 1 is 1.40 bits per heavy atom. The van der Waals surface area contributed by atoms with Crippen molar-refractivity contribution < 1.29 is 4.74 Å². The van der Waals surface area contributed by atoms with Gasteiger partial charge in [0.1, 0.15) is 12.8 Å². The van der Waals surface area contributed by atoms with Gasteiger partial charge in [-0.25, -0.2) is 4.68 Å². The SMILES string of the molecule is C[Si](C)(C)CCOCn1ncc2cc(Br)cc(C#N)c21. The molecule has 6 heteroatoms. The maximum atomic E-state index is 9.23. The van der Waals surface area contributed by atoms with E-state index >= 15 is 0 Å². The molecule has 0 aliphatic rings. The smallest absolute Gasteiger partial charge is 0.140 e. The van der Waals surface area contributed by atoms with Crippen molar-refractivity contribution in [3.05, 3.63) is 28.4 Å². The highest BCUT2D eigenvalue weighted by molar-refractivity contribution is 9.10. The average Bonchev–Trinajstić information content (AvgIpc) is 2.75. The first-order valence-corrected chi connectivity index (χ1v) is 11.0. The second kappa shape index (κ2) is 6.08. The van der Waals surface area contributed by atoms with Gasteiger partial charge in [-0.05, 0) is 18.2 Å². The van der Waals surface area contributed by atoms with Crippen LogP contribution in [0.5, 0.6) is 0 Å². The van der Waals surface area contributed by atoms with Crippen molar-refractivity contribution in [3.8, 4) is 6.07 Å². The van der Waals surface area contributed by atoms with Crippen LogP contribution >= 0.6 is 15.9 Å². The van der Waals surface area contributed by atoms with Crippen molar-refractivity contribution in [1.29, 1.82) is 5.26 Å². The van der Waals surface area contributed by atoms with E-state index in [2.05, 4.69) is 46.7 Å². The van der Waals surface area contributed by atoms with Crippen LogP contribution < -0.4 is 0 Å². The number of benzene rings is 1. The molecule has 0 bridgehead atoms. The summed E-state index contributed by atoms with van der Waals surface area (Å²) in [5, 5.41) is 14.5. The van der Waals surface area contributed by atoms with E-state index in [-0.39, 0.29) is 0 Å². The number of hydrogen-bond donors (Lipinski definition) is 0. The molecule has 0 unspecified atom stereocenters. The Bertz CT molecular complexity index is 655. The van der Waals surface area contributed by atoms with Gasteiger partial charge in [0.05, 0.1) is 17.3 Å². The molecule has 0 atom stereocenters. The van der Waals surface area contributed by atoms with E-state index < -0.39 is 8.07 Å². The summed E-state index contributed by atoms with van der Waals surface area (Å²) < 4.78 is 8.35. The molecule has 2 rings (SSSR count). The molecule has 106 valence electrons. The monoisotopic (exact) mass is 351 g/mol. The van der Waals surface area contributed by atoms with Crippen LogP contribution in [0.15, 0.2) is 22.8 Å². The van der Waals surface area contributed by atoms with Crippen LogP contribution in [0.25, 0.3) is 10.9 Å². The number of rotatable bonds is 5. The van der Waals surface area contributed by atoms with Crippen LogP contribution in [0.4, 0.5) is 0 Å². The van der Waals surface area contributed by atoms with Crippen molar-refractivity contribution in [2.24, 2.45) is 0 Å². The van der Waals surface area contributed by atoms with Crippen LogP contribution in [-0.2, 0) is 11.5 Å². The van der Waals surface area contributed by atoms with E-state index in [0.29, 0.717) is 12.3 Å². The first kappa shape index (κ1) is 15.2. The summed E-state index contributed by atoms with van der Waals surface area (Å²) in [5.41, 5.74) is 1.45. The van der Waals surface area contributed by atoms with Crippen LogP contribution in [0.2, 0.25) is 25.7 Å². The zero-order chi connectivity index (χ0) is 14.8. The molecule has 2 aromatic rings. The maximum absolute atomic E-state index is 9.23. The van der Waals surface area contributed by atoms with Gasteiger partial charge >= 0.3 is 0 Å². The third-order valence-corrected chi connectivity index (χ3v) is 5.19. The van der Waals surface area contributed by atoms with Crippen LogP contribution in [-0.4, -0.2) is 24.5 Å². The third kappa shape index (κ3) is 3.69. The summed E-state index contributed by atoms with van der Waals surface area (Å²) in [7, 11) is -1.07. The number of hydrogen-bond acceptors (Lipinski definition) is 3. The number of nitriles is 1. The number of halogens is 1. The van der Waals surface area contributed by atoms with Crippen LogP contribution in [0.3, 0.4) is 0 Å². The molecule has 0 spiro atoms. The summed E-state index contributed by atoms with van der Waals surface area (Å²) >= 11 is 3.40. The highest BCUT2D eigenvalue weighted by Crippen LogP contribution is 2.24. The molecule has 20 heavy (non-hydrogen) atoms. The predicted octanol–water partition coefficient (Wildman–Crippen LogP) is 3.98. The number of ether oxygens (including phenoxy) is 1. The molecule has 0 aliphatic heterocycles. The molecule has 1 heterocycles. The minimum atomic E-state index is -1.07. The Hall–Kier alpha value is -1.16. The van der Waals surface area contributed by atoms with E-state index in [0.717, 1.165) is 28.0 Å². The summed E-state index contributed by atoms with van der Waals surface area (Å²) in [6.07, 6.45) is 1.77. The van der Waals surface area contributed by atoms with Gasteiger partial charge in [-0.3, -0.25) is 0 Å². The van der Waals surface area contributed by atoms with E-state index in [1.165, 1.54) is 0 Å². The van der Waals surface area contributed by atoms with Gasteiger partial charge in [0.2, 0.25) is 0 Å². The first-order valence-electron chi connectivity index (χ1n) is 6.53. The Morgan fingerprint density at radius 3 is 2.80 bits per heavy atom. The Kier molecular flexibility index (Phi) is 4.63. The van der Waals surface area contributed by atoms with Gasteiger partial charge < -0.3 is 4.74 Å². The topological polar surface area (TPSA) is 50.8 Å². The second-order valence-corrected chi connectivity index (χ2v) is 12.5. The van der Waals surface area contributed by atoms with Gasteiger partial charge in [0.25, 0.3) is 0 Å². The van der Waals surface area contributed by atoms with E-state index in [4.69, 9.17) is 4.74 Å². The molecule has 0 saturated carbocycles. The van der Waals surface area contributed by atoms with Crippen LogP contribution in [0, 0.1) is 11.3 Å². The normalized spacial score (nSPS) is 11.8. The molecule has 4 nitrogen and oxygen atoms in total. The summed E-state index contributed by atoms with van der Waals surface area (Å²) in [4.78, 5) is 0. The molecule has 0 N–H and O–H groups in total. The van der Waals surface area contributed by atoms with Crippen molar-refractivity contribution in [2.45, 2.75) is 32.4 Å². The van der Waals surface area contributed by atoms with Crippen molar-refractivity contribution in [1.82, 2.24) is 9.78 Å². The number of aromatic nitrogens is 2. The lowest BCUT2D eigenvalue weighted by Gasteiger charge is -2.15. The minimum absolute atomic E-state index is 0.393. The van der Waals surface area contributed by atoms with Gasteiger partial charge in [-0.15, -0.1) is 0 Å². The lowest BCUT2D eigenvalue weighted by Crippen LogP contribution is -2.22. The predicted molar refractivity (Wildman–Crippen MR) is 86.3 cm³/mol. The highest BCUT2D eigenvalue weighted by atomic mass is 79.9. The molecule has 0 saturated heterocycles. The summed E-state index contributed by atoms with van der Waals surface area (Å²) in [6.45, 7) is 8.11. The average molecular weight is 352 g/mol. The highest BCUT2D eigenvalue weighted by Gasteiger charge is 2.13. The molecule has 0 radical (unpaired) electrons. The minimum Gasteiger partial charge on any atom is -0.360 e. The molecule has 1 aromatic heterocycles. The number of fused-ring (bicyclic) bond motifs is 1. The fourth-order valence-corrected chi connectivity index (χ4v) is 3.14. The van der Waals surface area contributed by atoms with Crippen molar-refractivity contribution >= 4 is 34.9 Å². The Balaban J connectivity index is 2.14. The molecule has 0 aliphatic carbocycles. The zero-order valence-corrected chi connectivity index (χ0v) is 14.6. The van der Waals surface area contributed by atoms with Gasteiger partial charge in [0, 0.05) is 24.5 Å². The molecular formula is C14H18BrN3OSi. The molecule has 1 aromatic carbocycles. The van der Waals surface area contributed by atoms with Gasteiger partial charge in [-0.1, -0.05) is 35.6 Å². The summed E-state index contributed by atoms with van der Waals surface area (Å²) in [6, 6.07) is 7.11. The molecular weight excluding hydrogens is 334 g/mol. The van der Waals surface area contributed by atoms with Crippen LogP contribution in [0.1, 0.15) is 5.56 Å². The molecule has 0 fully saturated rings. The van der Waals surface area contributed by atoms with Crippen molar-refractivity contribution in [3.63, 3.8) is 0 Å². The largest absolute Gasteiger partial charge is 0.360 e. The van der Waals surface area contributed by atoms with E-state index in [1.54, 1.807) is 10.9 Å². The first-order chi connectivity index (χ1) is 9.40. The van der Waals surface area contributed by atoms with E-state index in [1.807, 2.05) is 12.1 Å². The number of nitrogens with zero attached hydrogens (tertiary/aromatic N) is 3. The molecule has 0 amide bonds. The van der Waals surface area contributed by atoms with Crippen molar-refractivity contribution in [2.75, 3.05) is 6.61 Å². The third-order valence-electron chi connectivity index (χ3n) is 3.03. The lowest BCUT2D eigenvalue weighted by molar-refractivity contribution is 0.0816. The lowest BCUT2D eigenvalue weighted by atomic mass is 10.2. The Morgan fingerprint density at radius 2 is 2.15 bits per heavy atom. The second-order valence-electron chi connectivity index (χ2n) is 6.00. The summed E-state index contributed by atoms with van der Waals surface area (Å²) in [5.74, 6) is 0. The quantitative estimate of drug-likeness (QED) is 0.604. The van der Waals surface area contributed by atoms with E-state index in [9.17, 15) is 5.26 Å². The Labute approximate surface area is 128 Å². The van der Waals surface area contributed by atoms with Gasteiger partial charge in [-0.2, -0.15) is 10.4 Å². The zero-order valence-electron chi connectivity index (χ0n) is 12.0. The standard InChI is InChI=1S/C14H18BrN3OSi/c1-20(2,3)5-4-19-10-18-14-11(8-16)6-13(15)7-12(14)9-17-18/h6-7,9H,4-5,10H2,1-3H3. The van der Waals surface area contributed by atoms with Gasteiger partial charge in [0.15, 0.2) is 0 Å². The fourth-order valence-electron chi connectivity index (χ4n) is 1.91.